The molecule has 8 heteroatoms. The van der Waals surface area contributed by atoms with Crippen molar-refractivity contribution in [1.29, 1.82) is 0 Å². The van der Waals surface area contributed by atoms with Crippen LogP contribution in [0.2, 0.25) is 5.02 Å². The van der Waals surface area contributed by atoms with Gasteiger partial charge in [-0.25, -0.2) is 0 Å². The Morgan fingerprint density at radius 2 is 1.56 bits per heavy atom. The van der Waals surface area contributed by atoms with Gasteiger partial charge in [-0.05, 0) is 35.9 Å². The Bertz CT molecular complexity index is 826. The van der Waals surface area contributed by atoms with E-state index in [9.17, 15) is 9.59 Å². The van der Waals surface area contributed by atoms with Crippen molar-refractivity contribution in [3.05, 3.63) is 47.0 Å². The van der Waals surface area contributed by atoms with Gasteiger partial charge in [-0.3, -0.25) is 9.59 Å². The zero-order valence-corrected chi connectivity index (χ0v) is 16.1. The standard InChI is InChI=1S/C19H21ClN2O5/c1-25-15-7-5-13(20)10-14(15)22-19(24)11-21-18(23)9-12-4-6-16(26-2)17(8-12)27-3/h4-8,10H,9,11H2,1-3H3,(H,21,23)(H,22,24). The molecule has 0 fully saturated rings. The van der Waals surface area contributed by atoms with Gasteiger partial charge in [0.2, 0.25) is 11.8 Å². The van der Waals surface area contributed by atoms with Crippen LogP contribution in [0.5, 0.6) is 17.2 Å². The first kappa shape index (κ1) is 20.4. The predicted octanol–water partition coefficient (Wildman–Crippen LogP) is 2.66. The Morgan fingerprint density at radius 3 is 2.22 bits per heavy atom. The number of hydrogen-bond donors (Lipinski definition) is 2. The Labute approximate surface area is 162 Å². The van der Waals surface area contributed by atoms with Crippen molar-refractivity contribution in [3.63, 3.8) is 0 Å². The van der Waals surface area contributed by atoms with Crippen LogP contribution in [0.25, 0.3) is 0 Å². The average Bonchev–Trinajstić information content (AvgIpc) is 2.66. The number of carbonyl (C=O) groups is 2. The lowest BCUT2D eigenvalue weighted by atomic mass is 10.1. The molecule has 2 aromatic carbocycles. The molecule has 2 rings (SSSR count). The normalized spacial score (nSPS) is 10.1. The fourth-order valence-corrected chi connectivity index (χ4v) is 2.56. The first-order valence-electron chi connectivity index (χ1n) is 8.07. The van der Waals surface area contributed by atoms with Crippen LogP contribution in [0, 0.1) is 0 Å². The van der Waals surface area contributed by atoms with Gasteiger partial charge >= 0.3 is 0 Å². The van der Waals surface area contributed by atoms with Crippen molar-refractivity contribution in [1.82, 2.24) is 5.32 Å². The molecule has 0 radical (unpaired) electrons. The SMILES string of the molecule is COc1ccc(Cl)cc1NC(=O)CNC(=O)Cc1ccc(OC)c(OC)c1. The van der Waals surface area contributed by atoms with Crippen LogP contribution in [0.1, 0.15) is 5.56 Å². The Morgan fingerprint density at radius 1 is 0.889 bits per heavy atom. The molecule has 144 valence electrons. The van der Waals surface area contributed by atoms with E-state index in [1.54, 1.807) is 36.4 Å². The summed E-state index contributed by atoms with van der Waals surface area (Å²) in [6.45, 7) is -0.179. The minimum atomic E-state index is -0.392. The fraction of sp³-hybridized carbons (Fsp3) is 0.263. The van der Waals surface area contributed by atoms with Gasteiger partial charge in [-0.15, -0.1) is 0 Å². The summed E-state index contributed by atoms with van der Waals surface area (Å²) >= 11 is 5.93. The van der Waals surface area contributed by atoms with Crippen LogP contribution in [-0.4, -0.2) is 39.7 Å². The zero-order valence-electron chi connectivity index (χ0n) is 15.3. The summed E-state index contributed by atoms with van der Waals surface area (Å²) in [5.41, 5.74) is 1.17. The molecule has 2 N–H and O–H groups in total. The summed E-state index contributed by atoms with van der Waals surface area (Å²) in [5, 5.41) is 5.69. The third kappa shape index (κ3) is 5.79. The molecule has 0 atom stereocenters. The number of benzene rings is 2. The largest absolute Gasteiger partial charge is 0.495 e. The van der Waals surface area contributed by atoms with Gasteiger partial charge in [0.1, 0.15) is 5.75 Å². The molecule has 0 spiro atoms. The Hall–Kier alpha value is -2.93. The Kier molecular flexibility index (Phi) is 7.31. The van der Waals surface area contributed by atoms with Gasteiger partial charge in [-0.2, -0.15) is 0 Å². The molecule has 7 nitrogen and oxygen atoms in total. The lowest BCUT2D eigenvalue weighted by molar-refractivity contribution is -0.123. The molecule has 0 saturated carbocycles. The van der Waals surface area contributed by atoms with Crippen molar-refractivity contribution in [2.24, 2.45) is 0 Å². The van der Waals surface area contributed by atoms with E-state index < -0.39 is 5.91 Å². The minimum Gasteiger partial charge on any atom is -0.495 e. The van der Waals surface area contributed by atoms with Crippen LogP contribution in [0.15, 0.2) is 36.4 Å². The molecule has 0 aliphatic carbocycles. The number of nitrogens with one attached hydrogen (secondary N) is 2. The van der Waals surface area contributed by atoms with Gasteiger partial charge < -0.3 is 24.8 Å². The van der Waals surface area contributed by atoms with E-state index in [1.165, 1.54) is 21.3 Å². The molecular weight excluding hydrogens is 372 g/mol. The lowest BCUT2D eigenvalue weighted by Crippen LogP contribution is -2.33. The Balaban J connectivity index is 1.90. The average molecular weight is 393 g/mol. The topological polar surface area (TPSA) is 85.9 Å². The van der Waals surface area contributed by atoms with Gasteiger partial charge in [0, 0.05) is 5.02 Å². The lowest BCUT2D eigenvalue weighted by Gasteiger charge is -2.12. The van der Waals surface area contributed by atoms with Gasteiger partial charge in [0.25, 0.3) is 0 Å². The third-order valence-electron chi connectivity index (χ3n) is 3.69. The number of carbonyl (C=O) groups excluding carboxylic acids is 2. The molecule has 2 aromatic rings. The summed E-state index contributed by atoms with van der Waals surface area (Å²) in [7, 11) is 4.55. The number of ether oxygens (including phenoxy) is 3. The monoisotopic (exact) mass is 392 g/mol. The molecule has 0 heterocycles. The quantitative estimate of drug-likeness (QED) is 0.721. The number of anilines is 1. The molecule has 0 bridgehead atoms. The van der Waals surface area contributed by atoms with Crippen LogP contribution >= 0.6 is 11.6 Å². The summed E-state index contributed by atoms with van der Waals surface area (Å²) in [6.07, 6.45) is 0.105. The van der Waals surface area contributed by atoms with E-state index in [0.717, 1.165) is 5.56 Å². The maximum absolute atomic E-state index is 12.1. The molecular formula is C19H21ClN2O5. The van der Waals surface area contributed by atoms with Crippen molar-refractivity contribution >= 4 is 29.1 Å². The summed E-state index contributed by atoms with van der Waals surface area (Å²) in [4.78, 5) is 24.2. The molecule has 0 aliphatic heterocycles. The van der Waals surface area contributed by atoms with Crippen LogP contribution in [-0.2, 0) is 16.0 Å². The molecule has 27 heavy (non-hydrogen) atoms. The van der Waals surface area contributed by atoms with Crippen molar-refractivity contribution < 1.29 is 23.8 Å². The van der Waals surface area contributed by atoms with E-state index in [0.29, 0.717) is 28.0 Å². The highest BCUT2D eigenvalue weighted by Gasteiger charge is 2.12. The predicted molar refractivity (Wildman–Crippen MR) is 103 cm³/mol. The maximum Gasteiger partial charge on any atom is 0.243 e. The number of rotatable bonds is 8. The van der Waals surface area contributed by atoms with Crippen LogP contribution in [0.3, 0.4) is 0 Å². The van der Waals surface area contributed by atoms with E-state index in [2.05, 4.69) is 10.6 Å². The van der Waals surface area contributed by atoms with Crippen molar-refractivity contribution in [2.75, 3.05) is 33.2 Å². The van der Waals surface area contributed by atoms with E-state index in [-0.39, 0.29) is 18.9 Å². The molecule has 0 aromatic heterocycles. The number of hydrogen-bond acceptors (Lipinski definition) is 5. The van der Waals surface area contributed by atoms with Gasteiger partial charge in [0.05, 0.1) is 40.0 Å². The first-order chi connectivity index (χ1) is 13.0. The number of halogens is 1. The van der Waals surface area contributed by atoms with E-state index in [1.807, 2.05) is 0 Å². The molecule has 0 saturated heterocycles. The smallest absolute Gasteiger partial charge is 0.243 e. The number of methoxy groups -OCH3 is 3. The summed E-state index contributed by atoms with van der Waals surface area (Å²) in [5.74, 6) is 0.904. The van der Waals surface area contributed by atoms with E-state index in [4.69, 9.17) is 25.8 Å². The fourth-order valence-electron chi connectivity index (χ4n) is 2.39. The van der Waals surface area contributed by atoms with Gasteiger partial charge in [-0.1, -0.05) is 17.7 Å². The third-order valence-corrected chi connectivity index (χ3v) is 3.93. The minimum absolute atomic E-state index is 0.105. The maximum atomic E-state index is 12.1. The second kappa shape index (κ2) is 9.68. The highest BCUT2D eigenvalue weighted by atomic mass is 35.5. The van der Waals surface area contributed by atoms with Crippen LogP contribution in [0.4, 0.5) is 5.69 Å². The molecule has 0 unspecified atom stereocenters. The molecule has 2 amide bonds. The zero-order chi connectivity index (χ0) is 19.8. The van der Waals surface area contributed by atoms with Crippen molar-refractivity contribution in [2.45, 2.75) is 6.42 Å². The molecule has 0 aliphatic rings. The summed E-state index contributed by atoms with van der Waals surface area (Å²) < 4.78 is 15.5. The first-order valence-corrected chi connectivity index (χ1v) is 8.45. The highest BCUT2D eigenvalue weighted by Crippen LogP contribution is 2.28. The second-order valence-corrected chi connectivity index (χ2v) is 5.97. The second-order valence-electron chi connectivity index (χ2n) is 5.54. The summed E-state index contributed by atoms with van der Waals surface area (Å²) in [6, 6.07) is 10.1. The van der Waals surface area contributed by atoms with Gasteiger partial charge in [0.15, 0.2) is 11.5 Å². The van der Waals surface area contributed by atoms with E-state index >= 15 is 0 Å². The number of amides is 2. The van der Waals surface area contributed by atoms with Crippen molar-refractivity contribution in [3.8, 4) is 17.2 Å². The van der Waals surface area contributed by atoms with Crippen LogP contribution < -0.4 is 24.8 Å². The highest BCUT2D eigenvalue weighted by molar-refractivity contribution is 6.31.